The number of fused-ring (bicyclic) bond motifs is 1. The molecule has 0 spiro atoms. The van der Waals surface area contributed by atoms with Gasteiger partial charge in [-0.05, 0) is 24.3 Å². The zero-order valence-corrected chi connectivity index (χ0v) is 20.7. The lowest BCUT2D eigenvalue weighted by Gasteiger charge is -2.34. The largest absolute Gasteiger partial charge is 0.465 e. The van der Waals surface area contributed by atoms with Crippen LogP contribution in [0.3, 0.4) is 0 Å². The molecular weight excluding hydrogens is 499 g/mol. The summed E-state index contributed by atoms with van der Waals surface area (Å²) in [5.41, 5.74) is 1.56. The van der Waals surface area contributed by atoms with Crippen molar-refractivity contribution >= 4 is 34.0 Å². The number of ether oxygens (including phenoxy) is 1. The Balaban J connectivity index is 1.23. The van der Waals surface area contributed by atoms with E-state index < -0.39 is 5.97 Å². The van der Waals surface area contributed by atoms with Gasteiger partial charge in [-0.25, -0.2) is 19.0 Å². The van der Waals surface area contributed by atoms with Crippen LogP contribution in [0.4, 0.5) is 14.9 Å². The number of amides is 2. The molecule has 1 fully saturated rings. The van der Waals surface area contributed by atoms with Gasteiger partial charge < -0.3 is 15.0 Å². The highest BCUT2D eigenvalue weighted by molar-refractivity contribution is 7.19. The first-order valence-corrected chi connectivity index (χ1v) is 12.3. The van der Waals surface area contributed by atoms with E-state index in [1.807, 2.05) is 0 Å². The van der Waals surface area contributed by atoms with Crippen molar-refractivity contribution in [3.63, 3.8) is 0 Å². The molecule has 1 N–H and O–H groups in total. The number of nitrogens with zero attached hydrogens (tertiary/aromatic N) is 5. The van der Waals surface area contributed by atoms with Crippen molar-refractivity contribution in [3.05, 3.63) is 82.0 Å². The molecule has 5 rings (SSSR count). The fourth-order valence-electron chi connectivity index (χ4n) is 4.09. The summed E-state index contributed by atoms with van der Waals surface area (Å²) in [6.07, 6.45) is 0. The molecule has 0 unspecified atom stereocenters. The van der Waals surface area contributed by atoms with Gasteiger partial charge in [-0.1, -0.05) is 35.6 Å². The first kappa shape index (κ1) is 24.5. The van der Waals surface area contributed by atoms with Crippen LogP contribution in [0.15, 0.2) is 59.4 Å². The van der Waals surface area contributed by atoms with E-state index in [9.17, 15) is 18.8 Å². The van der Waals surface area contributed by atoms with Gasteiger partial charge in [-0.3, -0.25) is 9.69 Å². The van der Waals surface area contributed by atoms with Crippen LogP contribution in [0.2, 0.25) is 0 Å². The second kappa shape index (κ2) is 10.4. The Labute approximate surface area is 214 Å². The summed E-state index contributed by atoms with van der Waals surface area (Å²) < 4.78 is 19.6. The van der Waals surface area contributed by atoms with Crippen molar-refractivity contribution in [1.82, 2.24) is 24.4 Å². The van der Waals surface area contributed by atoms with Gasteiger partial charge in [0.1, 0.15) is 10.8 Å². The maximum absolute atomic E-state index is 13.6. The van der Waals surface area contributed by atoms with Crippen LogP contribution >= 0.6 is 11.3 Å². The average Bonchev–Trinajstić information content (AvgIpc) is 3.34. The van der Waals surface area contributed by atoms with Crippen LogP contribution in [0.25, 0.3) is 15.5 Å². The molecule has 1 aliphatic rings. The van der Waals surface area contributed by atoms with Crippen molar-refractivity contribution < 1.29 is 18.7 Å². The molecule has 0 bridgehead atoms. The zero-order chi connectivity index (χ0) is 25.9. The minimum atomic E-state index is -0.523. The number of carbonyl (C=O) groups excluding carboxylic acids is 2. The first-order chi connectivity index (χ1) is 17.9. The molecule has 10 nitrogen and oxygen atoms in total. The van der Waals surface area contributed by atoms with E-state index >= 15 is 0 Å². The number of urea groups is 1. The lowest BCUT2D eigenvalue weighted by Crippen LogP contribution is -2.49. The fraction of sp³-hybridized carbons (Fsp3) is 0.240. The minimum Gasteiger partial charge on any atom is -0.465 e. The fourth-order valence-corrected chi connectivity index (χ4v) is 5.01. The minimum absolute atomic E-state index is 0.286. The normalized spacial score (nSPS) is 14.1. The number of piperazine rings is 1. The molecule has 190 valence electrons. The third-order valence-corrected chi connectivity index (χ3v) is 6.95. The van der Waals surface area contributed by atoms with E-state index in [-0.39, 0.29) is 23.0 Å². The monoisotopic (exact) mass is 522 g/mol. The molecule has 37 heavy (non-hydrogen) atoms. The predicted molar refractivity (Wildman–Crippen MR) is 136 cm³/mol. The van der Waals surface area contributed by atoms with E-state index in [0.717, 1.165) is 0 Å². The first-order valence-electron chi connectivity index (χ1n) is 11.5. The van der Waals surface area contributed by atoms with E-state index in [1.165, 1.54) is 41.2 Å². The molecule has 1 saturated heterocycles. The topological polar surface area (TPSA) is 109 Å². The summed E-state index contributed by atoms with van der Waals surface area (Å²) in [6, 6.07) is 13.9. The SMILES string of the molecule is COC(=O)c1ccccc1NC(=O)N1CCN(Cc2cc(=O)n3nc(-c4cccc(F)c4)sc3n2)CC1. The highest BCUT2D eigenvalue weighted by atomic mass is 32.1. The Bertz CT molecular complexity index is 1530. The highest BCUT2D eigenvalue weighted by Gasteiger charge is 2.23. The van der Waals surface area contributed by atoms with E-state index in [4.69, 9.17) is 4.74 Å². The van der Waals surface area contributed by atoms with Crippen molar-refractivity contribution in [2.24, 2.45) is 0 Å². The van der Waals surface area contributed by atoms with Crippen molar-refractivity contribution in [1.29, 1.82) is 0 Å². The smallest absolute Gasteiger partial charge is 0.339 e. The van der Waals surface area contributed by atoms with Gasteiger partial charge in [0.25, 0.3) is 5.56 Å². The van der Waals surface area contributed by atoms with Crippen LogP contribution in [-0.4, -0.2) is 69.7 Å². The molecule has 1 aliphatic heterocycles. The average molecular weight is 523 g/mol. The molecule has 0 aliphatic carbocycles. The van der Waals surface area contributed by atoms with E-state index in [2.05, 4.69) is 20.3 Å². The van der Waals surface area contributed by atoms with E-state index in [0.29, 0.717) is 59.6 Å². The molecule has 4 aromatic rings. The Morgan fingerprint density at radius 1 is 1.08 bits per heavy atom. The Morgan fingerprint density at radius 3 is 2.62 bits per heavy atom. The number of hydrogen-bond donors (Lipinski definition) is 1. The summed E-state index contributed by atoms with van der Waals surface area (Å²) in [4.78, 5) is 46.2. The van der Waals surface area contributed by atoms with Gasteiger partial charge >= 0.3 is 12.0 Å². The number of para-hydroxylation sites is 1. The molecule has 0 atom stereocenters. The quantitative estimate of drug-likeness (QED) is 0.401. The van der Waals surface area contributed by atoms with Gasteiger partial charge in [0.2, 0.25) is 4.96 Å². The Kier molecular flexibility index (Phi) is 6.93. The molecule has 2 aromatic carbocycles. The number of rotatable bonds is 5. The third kappa shape index (κ3) is 5.34. The highest BCUT2D eigenvalue weighted by Crippen LogP contribution is 2.25. The standard InChI is InChI=1S/C25H23FN6O4S/c1-36-23(34)19-7-2-3-8-20(19)28-24(35)31-11-9-30(10-12-31)15-18-14-21(33)32-25(27-18)37-22(29-32)16-5-4-6-17(26)13-16/h2-8,13-14H,9-12,15H2,1H3,(H,28,35). The summed E-state index contributed by atoms with van der Waals surface area (Å²) in [5, 5.41) is 7.60. The summed E-state index contributed by atoms with van der Waals surface area (Å²) in [6.45, 7) is 2.56. The van der Waals surface area contributed by atoms with Crippen molar-refractivity contribution in [3.8, 4) is 10.6 Å². The van der Waals surface area contributed by atoms with Gasteiger partial charge in [-0.15, -0.1) is 0 Å². The second-order valence-corrected chi connectivity index (χ2v) is 9.38. The number of esters is 1. The number of nitrogens with one attached hydrogen (secondary N) is 1. The zero-order valence-electron chi connectivity index (χ0n) is 19.9. The van der Waals surface area contributed by atoms with Crippen molar-refractivity contribution in [2.75, 3.05) is 38.6 Å². The molecule has 0 radical (unpaired) electrons. The third-order valence-electron chi connectivity index (χ3n) is 5.99. The van der Waals surface area contributed by atoms with Crippen LogP contribution in [0.1, 0.15) is 16.1 Å². The lowest BCUT2D eigenvalue weighted by atomic mass is 10.2. The molecule has 3 heterocycles. The van der Waals surface area contributed by atoms with Crippen LogP contribution in [0, 0.1) is 5.82 Å². The Morgan fingerprint density at radius 2 is 1.86 bits per heavy atom. The van der Waals surface area contributed by atoms with Crippen molar-refractivity contribution in [2.45, 2.75) is 6.54 Å². The molecule has 12 heteroatoms. The molecule has 2 amide bonds. The summed E-state index contributed by atoms with van der Waals surface area (Å²) in [5.74, 6) is -0.900. The van der Waals surface area contributed by atoms with Crippen LogP contribution in [-0.2, 0) is 11.3 Å². The number of methoxy groups -OCH3 is 1. The van der Waals surface area contributed by atoms with E-state index in [1.54, 1.807) is 41.3 Å². The molecule has 0 saturated carbocycles. The maximum Gasteiger partial charge on any atom is 0.339 e. The number of hydrogen-bond acceptors (Lipinski definition) is 8. The number of carbonyl (C=O) groups is 2. The number of anilines is 1. The van der Waals surface area contributed by atoms with Crippen LogP contribution in [0.5, 0.6) is 0 Å². The summed E-state index contributed by atoms with van der Waals surface area (Å²) in [7, 11) is 1.29. The molecular formula is C25H23FN6O4S. The van der Waals surface area contributed by atoms with Crippen LogP contribution < -0.4 is 10.9 Å². The Hall–Kier alpha value is -4.16. The lowest BCUT2D eigenvalue weighted by molar-refractivity contribution is 0.0602. The second-order valence-electron chi connectivity index (χ2n) is 8.43. The number of benzene rings is 2. The number of aromatic nitrogens is 3. The maximum atomic E-state index is 13.6. The molecule has 2 aromatic heterocycles. The van der Waals surface area contributed by atoms with Gasteiger partial charge in [0.05, 0.1) is 24.1 Å². The van der Waals surface area contributed by atoms with Gasteiger partial charge in [0, 0.05) is 44.4 Å². The van der Waals surface area contributed by atoms with Gasteiger partial charge in [0.15, 0.2) is 0 Å². The number of halogens is 1. The summed E-state index contributed by atoms with van der Waals surface area (Å²) >= 11 is 1.22. The van der Waals surface area contributed by atoms with Gasteiger partial charge in [-0.2, -0.15) is 9.61 Å². The predicted octanol–water partition coefficient (Wildman–Crippen LogP) is 3.09.